The molecular formula is C13H19NO3. The fraction of sp³-hybridized carbons (Fsp3) is 0.538. The first-order valence-electron chi connectivity index (χ1n) is 5.76. The Kier molecular flexibility index (Phi) is 4.10. The number of nitrogens with zero attached hydrogens (tertiary/aromatic N) is 1. The molecule has 0 aliphatic carbocycles. The van der Waals surface area contributed by atoms with Gasteiger partial charge in [0.2, 0.25) is 0 Å². The van der Waals surface area contributed by atoms with Crippen LogP contribution < -0.4 is 5.56 Å². The van der Waals surface area contributed by atoms with Crippen molar-refractivity contribution in [3.63, 3.8) is 0 Å². The third-order valence-electron chi connectivity index (χ3n) is 2.30. The van der Waals surface area contributed by atoms with Crippen molar-refractivity contribution < 1.29 is 9.53 Å². The molecule has 4 heteroatoms. The molecule has 1 aromatic rings. The standard InChI is InChI=1S/C13H19NO3/c1-8(2)14-7-10(5)6-11(12(14)15)13(16)17-9(3)4/h6-9H,1-5H3. The van der Waals surface area contributed by atoms with E-state index in [1.54, 1.807) is 30.7 Å². The van der Waals surface area contributed by atoms with Crippen molar-refractivity contribution in [2.45, 2.75) is 46.8 Å². The van der Waals surface area contributed by atoms with Crippen LogP contribution in [0.4, 0.5) is 0 Å². The minimum absolute atomic E-state index is 0.0213. The van der Waals surface area contributed by atoms with Gasteiger partial charge in [0.15, 0.2) is 0 Å². The predicted octanol–water partition coefficient (Wildman–Crippen LogP) is 2.30. The lowest BCUT2D eigenvalue weighted by Crippen LogP contribution is -2.29. The van der Waals surface area contributed by atoms with Crippen LogP contribution in [-0.2, 0) is 4.74 Å². The molecule has 0 N–H and O–H groups in total. The van der Waals surface area contributed by atoms with Gasteiger partial charge in [-0.25, -0.2) is 4.79 Å². The second kappa shape index (κ2) is 5.17. The van der Waals surface area contributed by atoms with E-state index < -0.39 is 5.97 Å². The Balaban J connectivity index is 3.25. The van der Waals surface area contributed by atoms with Crippen molar-refractivity contribution in [3.05, 3.63) is 33.7 Å². The van der Waals surface area contributed by atoms with Gasteiger partial charge in [-0.05, 0) is 46.2 Å². The van der Waals surface area contributed by atoms with Crippen molar-refractivity contribution >= 4 is 5.97 Å². The van der Waals surface area contributed by atoms with Crippen LogP contribution >= 0.6 is 0 Å². The van der Waals surface area contributed by atoms with Gasteiger partial charge in [-0.3, -0.25) is 4.79 Å². The van der Waals surface area contributed by atoms with E-state index in [1.807, 2.05) is 20.8 Å². The molecule has 0 aromatic carbocycles. The number of pyridine rings is 1. The maximum atomic E-state index is 12.0. The summed E-state index contributed by atoms with van der Waals surface area (Å²) in [6.45, 7) is 9.17. The van der Waals surface area contributed by atoms with Crippen LogP contribution in [0.25, 0.3) is 0 Å². The molecule has 0 unspecified atom stereocenters. The molecule has 1 aromatic heterocycles. The Bertz CT molecular complexity index is 472. The van der Waals surface area contributed by atoms with Crippen LogP contribution in [0.1, 0.15) is 49.7 Å². The number of hydrogen-bond acceptors (Lipinski definition) is 3. The van der Waals surface area contributed by atoms with Crippen molar-refractivity contribution in [2.24, 2.45) is 0 Å². The monoisotopic (exact) mass is 237 g/mol. The molecule has 0 saturated heterocycles. The number of ether oxygens (including phenoxy) is 1. The number of rotatable bonds is 3. The van der Waals surface area contributed by atoms with Crippen molar-refractivity contribution in [3.8, 4) is 0 Å². The van der Waals surface area contributed by atoms with Crippen LogP contribution in [0.5, 0.6) is 0 Å². The first-order chi connectivity index (χ1) is 7.82. The fourth-order valence-corrected chi connectivity index (χ4v) is 1.55. The Labute approximate surface area is 101 Å². The highest BCUT2D eigenvalue weighted by Crippen LogP contribution is 2.07. The Morgan fingerprint density at radius 1 is 1.29 bits per heavy atom. The molecule has 1 heterocycles. The van der Waals surface area contributed by atoms with E-state index in [-0.39, 0.29) is 23.3 Å². The van der Waals surface area contributed by atoms with Crippen LogP contribution in [-0.4, -0.2) is 16.6 Å². The van der Waals surface area contributed by atoms with E-state index in [0.29, 0.717) is 0 Å². The molecule has 17 heavy (non-hydrogen) atoms. The molecule has 4 nitrogen and oxygen atoms in total. The third kappa shape index (κ3) is 3.19. The number of aromatic nitrogens is 1. The molecule has 0 amide bonds. The summed E-state index contributed by atoms with van der Waals surface area (Å²) in [4.78, 5) is 23.8. The van der Waals surface area contributed by atoms with Gasteiger partial charge in [-0.1, -0.05) is 0 Å². The second-order valence-corrected chi connectivity index (χ2v) is 4.69. The van der Waals surface area contributed by atoms with Crippen LogP contribution in [0.15, 0.2) is 17.1 Å². The average molecular weight is 237 g/mol. The maximum Gasteiger partial charge on any atom is 0.344 e. The average Bonchev–Trinajstić information content (AvgIpc) is 2.19. The zero-order chi connectivity index (χ0) is 13.2. The van der Waals surface area contributed by atoms with Gasteiger partial charge in [0.1, 0.15) is 5.56 Å². The summed E-state index contributed by atoms with van der Waals surface area (Å²) in [5.41, 5.74) is 0.678. The number of carbonyl (C=O) groups is 1. The summed E-state index contributed by atoms with van der Waals surface area (Å²) < 4.78 is 6.60. The SMILES string of the molecule is Cc1cc(C(=O)OC(C)C)c(=O)n(C(C)C)c1. The van der Waals surface area contributed by atoms with E-state index in [4.69, 9.17) is 4.74 Å². The molecule has 0 bridgehead atoms. The summed E-state index contributed by atoms with van der Waals surface area (Å²) in [5.74, 6) is -0.553. The van der Waals surface area contributed by atoms with Gasteiger partial charge in [-0.2, -0.15) is 0 Å². The molecule has 0 spiro atoms. The fourth-order valence-electron chi connectivity index (χ4n) is 1.55. The third-order valence-corrected chi connectivity index (χ3v) is 2.30. The second-order valence-electron chi connectivity index (χ2n) is 4.69. The quantitative estimate of drug-likeness (QED) is 0.758. The van der Waals surface area contributed by atoms with Gasteiger partial charge in [0, 0.05) is 12.2 Å². The first-order valence-corrected chi connectivity index (χ1v) is 5.76. The van der Waals surface area contributed by atoms with Gasteiger partial charge in [0.25, 0.3) is 5.56 Å². The number of carbonyl (C=O) groups excluding carboxylic acids is 1. The zero-order valence-corrected chi connectivity index (χ0v) is 11.0. The number of aryl methyl sites for hydroxylation is 1. The van der Waals surface area contributed by atoms with Gasteiger partial charge in [0.05, 0.1) is 6.10 Å². The first kappa shape index (κ1) is 13.5. The lowest BCUT2D eigenvalue weighted by atomic mass is 10.2. The van der Waals surface area contributed by atoms with E-state index in [9.17, 15) is 9.59 Å². The van der Waals surface area contributed by atoms with Crippen molar-refractivity contribution in [1.82, 2.24) is 4.57 Å². The Morgan fingerprint density at radius 3 is 2.35 bits per heavy atom. The van der Waals surface area contributed by atoms with Crippen LogP contribution in [0.2, 0.25) is 0 Å². The zero-order valence-electron chi connectivity index (χ0n) is 11.0. The molecule has 0 aliphatic heterocycles. The van der Waals surface area contributed by atoms with Crippen molar-refractivity contribution in [2.75, 3.05) is 0 Å². The van der Waals surface area contributed by atoms with E-state index in [0.717, 1.165) is 5.56 Å². The van der Waals surface area contributed by atoms with Crippen LogP contribution in [0, 0.1) is 6.92 Å². The molecule has 1 rings (SSSR count). The normalized spacial score (nSPS) is 11.0. The number of hydrogen-bond donors (Lipinski definition) is 0. The molecule has 0 radical (unpaired) electrons. The lowest BCUT2D eigenvalue weighted by Gasteiger charge is -2.13. The molecule has 0 atom stereocenters. The molecule has 0 fully saturated rings. The molecule has 0 saturated carbocycles. The maximum absolute atomic E-state index is 12.0. The summed E-state index contributed by atoms with van der Waals surface area (Å²) in [7, 11) is 0. The van der Waals surface area contributed by atoms with E-state index in [2.05, 4.69) is 0 Å². The Morgan fingerprint density at radius 2 is 1.88 bits per heavy atom. The van der Waals surface area contributed by atoms with Gasteiger partial charge < -0.3 is 9.30 Å². The predicted molar refractivity (Wildman–Crippen MR) is 66.4 cm³/mol. The summed E-state index contributed by atoms with van der Waals surface area (Å²) in [6.07, 6.45) is 1.52. The highest BCUT2D eigenvalue weighted by molar-refractivity contribution is 5.89. The summed E-state index contributed by atoms with van der Waals surface area (Å²) in [6, 6.07) is 1.60. The molecule has 94 valence electrons. The van der Waals surface area contributed by atoms with Gasteiger partial charge in [-0.15, -0.1) is 0 Å². The minimum Gasteiger partial charge on any atom is -0.459 e. The molecular weight excluding hydrogens is 218 g/mol. The Hall–Kier alpha value is -1.58. The largest absolute Gasteiger partial charge is 0.459 e. The van der Waals surface area contributed by atoms with E-state index >= 15 is 0 Å². The highest BCUT2D eigenvalue weighted by Gasteiger charge is 2.16. The van der Waals surface area contributed by atoms with E-state index in [1.165, 1.54) is 0 Å². The summed E-state index contributed by atoms with van der Waals surface area (Å²) >= 11 is 0. The smallest absolute Gasteiger partial charge is 0.344 e. The highest BCUT2D eigenvalue weighted by atomic mass is 16.5. The summed E-state index contributed by atoms with van der Waals surface area (Å²) in [5, 5.41) is 0. The van der Waals surface area contributed by atoms with Crippen molar-refractivity contribution in [1.29, 1.82) is 0 Å². The minimum atomic E-state index is -0.553. The number of esters is 1. The van der Waals surface area contributed by atoms with Gasteiger partial charge >= 0.3 is 5.97 Å². The van der Waals surface area contributed by atoms with Crippen LogP contribution in [0.3, 0.4) is 0 Å². The topological polar surface area (TPSA) is 48.3 Å². The molecule has 0 aliphatic rings. The lowest BCUT2D eigenvalue weighted by molar-refractivity contribution is 0.0375.